The third-order valence-corrected chi connectivity index (χ3v) is 3.89. The van der Waals surface area contributed by atoms with E-state index in [1.807, 2.05) is 30.3 Å². The molecule has 0 saturated carbocycles. The fourth-order valence-electron chi connectivity index (χ4n) is 2.08. The number of aliphatic hydroxyl groups is 1. The van der Waals surface area contributed by atoms with Crippen LogP contribution in [0.4, 0.5) is 0 Å². The van der Waals surface area contributed by atoms with Gasteiger partial charge in [0, 0.05) is 12.5 Å². The summed E-state index contributed by atoms with van der Waals surface area (Å²) in [5.41, 5.74) is 7.51. The molecule has 100 valence electrons. The minimum absolute atomic E-state index is 0.168. The summed E-state index contributed by atoms with van der Waals surface area (Å²) in [5, 5.41) is 11.4. The number of hydrogen-bond donors (Lipinski definition) is 2. The van der Waals surface area contributed by atoms with Crippen LogP contribution in [-0.4, -0.2) is 11.7 Å². The van der Waals surface area contributed by atoms with Crippen LogP contribution >= 0.6 is 23.2 Å². The van der Waals surface area contributed by atoms with Gasteiger partial charge >= 0.3 is 0 Å². The zero-order valence-electron chi connectivity index (χ0n) is 10.3. The lowest BCUT2D eigenvalue weighted by Crippen LogP contribution is -2.20. The second kappa shape index (κ2) is 6.40. The first kappa shape index (κ1) is 14.4. The van der Waals surface area contributed by atoms with E-state index < -0.39 is 6.10 Å². The molecule has 0 aliphatic carbocycles. The summed E-state index contributed by atoms with van der Waals surface area (Å²) in [5.74, 6) is -0.168. The number of halogens is 2. The number of aliphatic hydroxyl groups excluding tert-OH is 1. The second-order valence-corrected chi connectivity index (χ2v) is 5.19. The number of rotatable bonds is 4. The molecule has 0 aliphatic heterocycles. The predicted molar refractivity (Wildman–Crippen MR) is 79.7 cm³/mol. The van der Waals surface area contributed by atoms with Crippen molar-refractivity contribution in [3.05, 3.63) is 69.7 Å². The largest absolute Gasteiger partial charge is 0.388 e. The third-order valence-electron chi connectivity index (χ3n) is 3.15. The molecule has 19 heavy (non-hydrogen) atoms. The van der Waals surface area contributed by atoms with Gasteiger partial charge in [0.05, 0.1) is 16.1 Å². The smallest absolute Gasteiger partial charge is 0.0871 e. The SMILES string of the molecule is NCC(c1ccccc1)C(O)c1ccc(Cl)c(Cl)c1. The van der Waals surface area contributed by atoms with E-state index >= 15 is 0 Å². The van der Waals surface area contributed by atoms with Crippen molar-refractivity contribution < 1.29 is 5.11 Å². The summed E-state index contributed by atoms with van der Waals surface area (Å²) in [4.78, 5) is 0. The Labute approximate surface area is 122 Å². The topological polar surface area (TPSA) is 46.2 Å². The van der Waals surface area contributed by atoms with Gasteiger partial charge < -0.3 is 10.8 Å². The van der Waals surface area contributed by atoms with Gasteiger partial charge in [-0.1, -0.05) is 59.6 Å². The van der Waals surface area contributed by atoms with Gasteiger partial charge in [-0.15, -0.1) is 0 Å². The van der Waals surface area contributed by atoms with E-state index in [2.05, 4.69) is 0 Å². The van der Waals surface area contributed by atoms with Crippen molar-refractivity contribution in [2.24, 2.45) is 5.73 Å². The second-order valence-electron chi connectivity index (χ2n) is 4.37. The highest BCUT2D eigenvalue weighted by Gasteiger charge is 2.21. The van der Waals surface area contributed by atoms with E-state index in [4.69, 9.17) is 28.9 Å². The molecule has 0 bridgehead atoms. The highest BCUT2D eigenvalue weighted by Crippen LogP contribution is 2.33. The lowest BCUT2D eigenvalue weighted by molar-refractivity contribution is 0.147. The Morgan fingerprint density at radius 3 is 2.21 bits per heavy atom. The molecule has 2 rings (SSSR count). The maximum atomic E-state index is 10.5. The van der Waals surface area contributed by atoms with Crippen molar-refractivity contribution in [3.63, 3.8) is 0 Å². The summed E-state index contributed by atoms with van der Waals surface area (Å²) < 4.78 is 0. The summed E-state index contributed by atoms with van der Waals surface area (Å²) in [6.07, 6.45) is -0.706. The first-order valence-electron chi connectivity index (χ1n) is 6.01. The van der Waals surface area contributed by atoms with Gasteiger partial charge in [0.2, 0.25) is 0 Å². The lowest BCUT2D eigenvalue weighted by Gasteiger charge is -2.22. The van der Waals surface area contributed by atoms with Gasteiger partial charge in [0.15, 0.2) is 0 Å². The van der Waals surface area contributed by atoms with E-state index in [1.54, 1.807) is 18.2 Å². The van der Waals surface area contributed by atoms with Crippen molar-refractivity contribution in [3.8, 4) is 0 Å². The van der Waals surface area contributed by atoms with Gasteiger partial charge in [-0.3, -0.25) is 0 Å². The monoisotopic (exact) mass is 295 g/mol. The van der Waals surface area contributed by atoms with Crippen molar-refractivity contribution in [1.82, 2.24) is 0 Å². The molecule has 0 amide bonds. The van der Waals surface area contributed by atoms with Crippen LogP contribution in [0.2, 0.25) is 10.0 Å². The maximum absolute atomic E-state index is 10.5. The molecule has 3 N–H and O–H groups in total. The molecule has 0 radical (unpaired) electrons. The first-order chi connectivity index (χ1) is 9.13. The van der Waals surface area contributed by atoms with Crippen LogP contribution < -0.4 is 5.73 Å². The number of nitrogens with two attached hydrogens (primary N) is 1. The average Bonchev–Trinajstić information content (AvgIpc) is 2.44. The quantitative estimate of drug-likeness (QED) is 0.902. The standard InChI is InChI=1S/C15H15Cl2NO/c16-13-7-6-11(8-14(13)17)15(19)12(9-18)10-4-2-1-3-5-10/h1-8,12,15,19H,9,18H2. The highest BCUT2D eigenvalue weighted by atomic mass is 35.5. The molecule has 0 aliphatic rings. The van der Waals surface area contributed by atoms with Crippen LogP contribution in [0, 0.1) is 0 Å². The zero-order valence-corrected chi connectivity index (χ0v) is 11.8. The molecule has 4 heteroatoms. The van der Waals surface area contributed by atoms with Gasteiger partial charge in [0.1, 0.15) is 0 Å². The molecule has 0 fully saturated rings. The molecule has 0 aromatic heterocycles. The normalized spacial score (nSPS) is 14.1. The zero-order chi connectivity index (χ0) is 13.8. The minimum atomic E-state index is -0.706. The van der Waals surface area contributed by atoms with Crippen molar-refractivity contribution >= 4 is 23.2 Å². The fourth-order valence-corrected chi connectivity index (χ4v) is 2.38. The van der Waals surface area contributed by atoms with Gasteiger partial charge in [0.25, 0.3) is 0 Å². The molecule has 2 atom stereocenters. The van der Waals surface area contributed by atoms with Crippen LogP contribution in [0.5, 0.6) is 0 Å². The van der Waals surface area contributed by atoms with Crippen molar-refractivity contribution in [2.75, 3.05) is 6.54 Å². The Morgan fingerprint density at radius 2 is 1.63 bits per heavy atom. The summed E-state index contributed by atoms with van der Waals surface area (Å²) in [6.45, 7) is 0.353. The number of hydrogen-bond acceptors (Lipinski definition) is 2. The molecule has 0 saturated heterocycles. The van der Waals surface area contributed by atoms with Crippen LogP contribution in [0.1, 0.15) is 23.1 Å². The predicted octanol–water partition coefficient (Wildman–Crippen LogP) is 3.77. The van der Waals surface area contributed by atoms with Gasteiger partial charge in [-0.05, 0) is 23.3 Å². The highest BCUT2D eigenvalue weighted by molar-refractivity contribution is 6.42. The average molecular weight is 296 g/mol. The molecule has 0 heterocycles. The molecule has 2 unspecified atom stereocenters. The fraction of sp³-hybridized carbons (Fsp3) is 0.200. The van der Waals surface area contributed by atoms with E-state index in [-0.39, 0.29) is 5.92 Å². The van der Waals surface area contributed by atoms with Crippen molar-refractivity contribution in [2.45, 2.75) is 12.0 Å². The van der Waals surface area contributed by atoms with Gasteiger partial charge in [-0.25, -0.2) is 0 Å². The van der Waals surface area contributed by atoms with Gasteiger partial charge in [-0.2, -0.15) is 0 Å². The Balaban J connectivity index is 2.30. The Bertz CT molecular complexity index is 545. The molecule has 2 aromatic rings. The van der Waals surface area contributed by atoms with Crippen LogP contribution in [0.25, 0.3) is 0 Å². The Morgan fingerprint density at radius 1 is 0.947 bits per heavy atom. The molecule has 0 spiro atoms. The molecule has 2 aromatic carbocycles. The summed E-state index contributed by atoms with van der Waals surface area (Å²) in [7, 11) is 0. The van der Waals surface area contributed by atoms with Crippen LogP contribution in [0.15, 0.2) is 48.5 Å². The number of benzene rings is 2. The van der Waals surface area contributed by atoms with Crippen molar-refractivity contribution in [1.29, 1.82) is 0 Å². The van der Waals surface area contributed by atoms with Crippen LogP contribution in [0.3, 0.4) is 0 Å². The molecular formula is C15H15Cl2NO. The van der Waals surface area contributed by atoms with E-state index in [9.17, 15) is 5.11 Å². The van der Waals surface area contributed by atoms with E-state index in [0.717, 1.165) is 5.56 Å². The Kier molecular flexibility index (Phi) is 4.83. The Hall–Kier alpha value is -1.06. The lowest BCUT2D eigenvalue weighted by atomic mass is 9.89. The third kappa shape index (κ3) is 3.28. The van der Waals surface area contributed by atoms with Crippen LogP contribution in [-0.2, 0) is 0 Å². The summed E-state index contributed by atoms with van der Waals surface area (Å²) in [6, 6.07) is 14.8. The maximum Gasteiger partial charge on any atom is 0.0871 e. The van der Waals surface area contributed by atoms with E-state index in [1.165, 1.54) is 0 Å². The van der Waals surface area contributed by atoms with E-state index in [0.29, 0.717) is 22.2 Å². The summed E-state index contributed by atoms with van der Waals surface area (Å²) >= 11 is 11.9. The molecule has 2 nitrogen and oxygen atoms in total. The first-order valence-corrected chi connectivity index (χ1v) is 6.77. The minimum Gasteiger partial charge on any atom is -0.388 e. The molecular weight excluding hydrogens is 281 g/mol.